The van der Waals surface area contributed by atoms with Gasteiger partial charge in [-0.15, -0.1) is 11.8 Å². The topological polar surface area (TPSA) is 20.3 Å². The standard InChI is InChI=1S/C16H12Cl3NOS/c17-11-3-1-10(2-4-11)15(21)20-7-8-22-16(20)13-6-5-12(18)9-14(13)19/h1-6,9,16H,7-8H2/t16-/m1/s1. The predicted octanol–water partition coefficient (Wildman–Crippen LogP) is 5.53. The Morgan fingerprint density at radius 1 is 1.05 bits per heavy atom. The molecule has 2 aromatic carbocycles. The monoisotopic (exact) mass is 371 g/mol. The first-order chi connectivity index (χ1) is 10.6. The summed E-state index contributed by atoms with van der Waals surface area (Å²) in [5.74, 6) is 0.862. The van der Waals surface area contributed by atoms with Crippen molar-refractivity contribution in [2.75, 3.05) is 12.3 Å². The molecule has 1 aliphatic rings. The zero-order valence-electron chi connectivity index (χ0n) is 11.4. The van der Waals surface area contributed by atoms with Crippen LogP contribution < -0.4 is 0 Å². The Bertz CT molecular complexity index is 705. The highest BCUT2D eigenvalue weighted by Gasteiger charge is 2.32. The summed E-state index contributed by atoms with van der Waals surface area (Å²) < 4.78 is 0. The maximum Gasteiger partial charge on any atom is 0.255 e. The van der Waals surface area contributed by atoms with Gasteiger partial charge in [0.15, 0.2) is 0 Å². The molecule has 3 rings (SSSR count). The highest BCUT2D eigenvalue weighted by Crippen LogP contribution is 2.42. The van der Waals surface area contributed by atoms with Gasteiger partial charge in [-0.05, 0) is 36.4 Å². The SMILES string of the molecule is O=C(c1ccc(Cl)cc1)N1CCS[C@@H]1c1ccc(Cl)cc1Cl. The molecule has 0 radical (unpaired) electrons. The van der Waals surface area contributed by atoms with Gasteiger partial charge in [-0.3, -0.25) is 4.79 Å². The number of benzene rings is 2. The van der Waals surface area contributed by atoms with Crippen LogP contribution in [0.25, 0.3) is 0 Å². The lowest BCUT2D eigenvalue weighted by Gasteiger charge is -2.25. The van der Waals surface area contributed by atoms with E-state index in [0.717, 1.165) is 11.3 Å². The summed E-state index contributed by atoms with van der Waals surface area (Å²) in [4.78, 5) is 14.6. The largest absolute Gasteiger partial charge is 0.322 e. The second kappa shape index (κ2) is 6.71. The van der Waals surface area contributed by atoms with Crippen LogP contribution in [0.2, 0.25) is 15.1 Å². The van der Waals surface area contributed by atoms with Crippen LogP contribution in [-0.2, 0) is 0 Å². The van der Waals surface area contributed by atoms with Crippen LogP contribution >= 0.6 is 46.6 Å². The summed E-state index contributed by atoms with van der Waals surface area (Å²) in [7, 11) is 0. The Hall–Kier alpha value is -0.870. The number of hydrogen-bond acceptors (Lipinski definition) is 2. The molecule has 0 aliphatic carbocycles. The maximum atomic E-state index is 12.7. The van der Waals surface area contributed by atoms with Gasteiger partial charge < -0.3 is 4.90 Å². The van der Waals surface area contributed by atoms with Gasteiger partial charge in [0.2, 0.25) is 0 Å². The van der Waals surface area contributed by atoms with Crippen molar-refractivity contribution in [1.82, 2.24) is 4.90 Å². The third kappa shape index (κ3) is 3.23. The van der Waals surface area contributed by atoms with Gasteiger partial charge in [-0.2, -0.15) is 0 Å². The van der Waals surface area contributed by atoms with Gasteiger partial charge in [-0.1, -0.05) is 40.9 Å². The number of amides is 1. The fourth-order valence-electron chi connectivity index (χ4n) is 2.40. The molecule has 0 N–H and O–H groups in total. The van der Waals surface area contributed by atoms with Crippen molar-refractivity contribution in [2.45, 2.75) is 5.37 Å². The number of rotatable bonds is 2. The molecule has 2 nitrogen and oxygen atoms in total. The lowest BCUT2D eigenvalue weighted by molar-refractivity contribution is 0.0760. The van der Waals surface area contributed by atoms with E-state index in [1.807, 2.05) is 11.0 Å². The van der Waals surface area contributed by atoms with Crippen LogP contribution in [0.5, 0.6) is 0 Å². The van der Waals surface area contributed by atoms with E-state index in [1.54, 1.807) is 48.2 Å². The minimum absolute atomic E-state index is 0.0160. The zero-order chi connectivity index (χ0) is 15.7. The van der Waals surface area contributed by atoms with Gasteiger partial charge in [-0.25, -0.2) is 0 Å². The second-order valence-electron chi connectivity index (χ2n) is 4.89. The molecule has 114 valence electrons. The predicted molar refractivity (Wildman–Crippen MR) is 94.1 cm³/mol. The fraction of sp³-hybridized carbons (Fsp3) is 0.188. The van der Waals surface area contributed by atoms with Gasteiger partial charge >= 0.3 is 0 Å². The molecule has 1 heterocycles. The number of halogens is 3. The van der Waals surface area contributed by atoms with Gasteiger partial charge in [0.25, 0.3) is 5.91 Å². The molecule has 1 amide bonds. The molecule has 0 spiro atoms. The normalized spacial score (nSPS) is 17.8. The zero-order valence-corrected chi connectivity index (χ0v) is 14.5. The molecule has 22 heavy (non-hydrogen) atoms. The van der Waals surface area contributed by atoms with Crippen molar-refractivity contribution in [3.05, 3.63) is 68.7 Å². The lowest BCUT2D eigenvalue weighted by atomic mass is 10.1. The van der Waals surface area contributed by atoms with E-state index < -0.39 is 0 Å². The van der Waals surface area contributed by atoms with E-state index in [2.05, 4.69) is 0 Å². The van der Waals surface area contributed by atoms with E-state index >= 15 is 0 Å². The molecule has 0 unspecified atom stereocenters. The summed E-state index contributed by atoms with van der Waals surface area (Å²) >= 11 is 19.8. The number of hydrogen-bond donors (Lipinski definition) is 0. The molecular weight excluding hydrogens is 361 g/mol. The average molecular weight is 373 g/mol. The van der Waals surface area contributed by atoms with Crippen molar-refractivity contribution < 1.29 is 4.79 Å². The molecule has 1 fully saturated rings. The second-order valence-corrected chi connectivity index (χ2v) is 7.36. The summed E-state index contributed by atoms with van der Waals surface area (Å²) in [5, 5.41) is 1.70. The van der Waals surface area contributed by atoms with E-state index in [4.69, 9.17) is 34.8 Å². The number of carbonyl (C=O) groups is 1. The lowest BCUT2D eigenvalue weighted by Crippen LogP contribution is -2.30. The molecule has 2 aromatic rings. The summed E-state index contributed by atoms with van der Waals surface area (Å²) in [6.45, 7) is 0.690. The molecule has 0 aromatic heterocycles. The molecule has 1 aliphatic heterocycles. The van der Waals surface area contributed by atoms with Crippen molar-refractivity contribution in [3.63, 3.8) is 0 Å². The highest BCUT2D eigenvalue weighted by atomic mass is 35.5. The first kappa shape index (κ1) is 16.0. The third-order valence-corrected chi connectivity index (χ3v) is 5.53. The molecule has 1 atom stereocenters. The van der Waals surface area contributed by atoms with Gasteiger partial charge in [0.05, 0.1) is 0 Å². The smallest absolute Gasteiger partial charge is 0.255 e. The third-order valence-electron chi connectivity index (χ3n) is 3.47. The Kier molecular flexibility index (Phi) is 4.88. The minimum Gasteiger partial charge on any atom is -0.322 e. The van der Waals surface area contributed by atoms with Gasteiger partial charge in [0.1, 0.15) is 5.37 Å². The van der Waals surface area contributed by atoms with E-state index in [-0.39, 0.29) is 11.3 Å². The molecule has 1 saturated heterocycles. The Labute approximate surface area is 148 Å². The maximum absolute atomic E-state index is 12.7. The van der Waals surface area contributed by atoms with Crippen LogP contribution in [0.15, 0.2) is 42.5 Å². The van der Waals surface area contributed by atoms with Crippen molar-refractivity contribution in [3.8, 4) is 0 Å². The highest BCUT2D eigenvalue weighted by molar-refractivity contribution is 7.99. The molecule has 6 heteroatoms. The summed E-state index contributed by atoms with van der Waals surface area (Å²) in [5.41, 5.74) is 1.54. The van der Waals surface area contributed by atoms with Crippen molar-refractivity contribution >= 4 is 52.5 Å². The quantitative estimate of drug-likeness (QED) is 0.690. The van der Waals surface area contributed by atoms with E-state index in [9.17, 15) is 4.79 Å². The van der Waals surface area contributed by atoms with E-state index in [0.29, 0.717) is 27.2 Å². The summed E-state index contributed by atoms with van der Waals surface area (Å²) in [6.07, 6.45) is 0. The van der Waals surface area contributed by atoms with Crippen LogP contribution in [0, 0.1) is 0 Å². The Morgan fingerprint density at radius 2 is 1.73 bits per heavy atom. The van der Waals surface area contributed by atoms with Crippen LogP contribution in [0.3, 0.4) is 0 Å². The van der Waals surface area contributed by atoms with Crippen LogP contribution in [0.1, 0.15) is 21.3 Å². The van der Waals surface area contributed by atoms with Crippen molar-refractivity contribution in [1.29, 1.82) is 0 Å². The van der Waals surface area contributed by atoms with Crippen molar-refractivity contribution in [2.24, 2.45) is 0 Å². The Balaban J connectivity index is 1.89. The fourth-order valence-corrected chi connectivity index (χ4v) is 4.39. The minimum atomic E-state index is -0.0899. The number of thioether (sulfide) groups is 1. The Morgan fingerprint density at radius 3 is 2.41 bits per heavy atom. The number of nitrogens with zero attached hydrogens (tertiary/aromatic N) is 1. The van der Waals surface area contributed by atoms with Gasteiger partial charge in [0, 0.05) is 38.5 Å². The summed E-state index contributed by atoms with van der Waals surface area (Å²) in [6, 6.07) is 12.3. The molecular formula is C16H12Cl3NOS. The average Bonchev–Trinajstić information content (AvgIpc) is 2.96. The number of carbonyl (C=O) groups excluding carboxylic acids is 1. The molecule has 0 bridgehead atoms. The van der Waals surface area contributed by atoms with E-state index in [1.165, 1.54) is 0 Å². The van der Waals surface area contributed by atoms with Crippen LogP contribution in [-0.4, -0.2) is 23.1 Å². The first-order valence-electron chi connectivity index (χ1n) is 6.69. The molecule has 0 saturated carbocycles. The van der Waals surface area contributed by atoms with Crippen LogP contribution in [0.4, 0.5) is 0 Å². The first-order valence-corrected chi connectivity index (χ1v) is 8.87.